The van der Waals surface area contributed by atoms with Crippen molar-refractivity contribution in [2.45, 2.75) is 6.54 Å². The fourth-order valence-electron chi connectivity index (χ4n) is 2.10. The van der Waals surface area contributed by atoms with Crippen LogP contribution in [0.1, 0.15) is 11.1 Å². The molecular formula is C14H11FN4OS. The Balaban J connectivity index is 2.00. The molecule has 5 nitrogen and oxygen atoms in total. The highest BCUT2D eigenvalue weighted by Gasteiger charge is 2.08. The summed E-state index contributed by atoms with van der Waals surface area (Å²) in [6, 6.07) is 6.12. The predicted octanol–water partition coefficient (Wildman–Crippen LogP) is 1.32. The van der Waals surface area contributed by atoms with E-state index in [1.807, 2.05) is 0 Å². The van der Waals surface area contributed by atoms with E-state index in [1.54, 1.807) is 36.8 Å². The zero-order valence-electron chi connectivity index (χ0n) is 10.9. The van der Waals surface area contributed by atoms with E-state index in [4.69, 9.17) is 18.0 Å². The summed E-state index contributed by atoms with van der Waals surface area (Å²) >= 11 is 4.80. The molecule has 0 saturated heterocycles. The zero-order valence-corrected chi connectivity index (χ0v) is 11.7. The lowest BCUT2D eigenvalue weighted by molar-refractivity contribution is 0.595. The Kier molecular flexibility index (Phi) is 3.26. The molecule has 3 rings (SSSR count). The smallest absolute Gasteiger partial charge is 0.276 e. The van der Waals surface area contributed by atoms with Gasteiger partial charge < -0.3 is 10.3 Å². The highest BCUT2D eigenvalue weighted by molar-refractivity contribution is 7.80. The van der Waals surface area contributed by atoms with Crippen molar-refractivity contribution in [3.8, 4) is 0 Å². The lowest BCUT2D eigenvalue weighted by Gasteiger charge is -2.08. The summed E-state index contributed by atoms with van der Waals surface area (Å²) in [6.45, 7) is 0.129. The molecule has 3 aromatic rings. The molecule has 0 unspecified atom stereocenters. The van der Waals surface area contributed by atoms with Crippen LogP contribution >= 0.6 is 12.2 Å². The van der Waals surface area contributed by atoms with Crippen LogP contribution in [0, 0.1) is 5.82 Å². The average molecular weight is 302 g/mol. The molecule has 2 heterocycles. The molecule has 0 atom stereocenters. The Morgan fingerprint density at radius 3 is 2.86 bits per heavy atom. The third-order valence-corrected chi connectivity index (χ3v) is 3.45. The first-order valence-corrected chi connectivity index (χ1v) is 6.58. The van der Waals surface area contributed by atoms with Gasteiger partial charge in [-0.1, -0.05) is 24.4 Å². The van der Waals surface area contributed by atoms with Crippen LogP contribution in [0.2, 0.25) is 0 Å². The van der Waals surface area contributed by atoms with Gasteiger partial charge in [-0.05, 0) is 12.1 Å². The van der Waals surface area contributed by atoms with Crippen molar-refractivity contribution >= 4 is 22.7 Å². The molecule has 7 heteroatoms. The van der Waals surface area contributed by atoms with E-state index < -0.39 is 5.82 Å². The third kappa shape index (κ3) is 2.43. The maximum Gasteiger partial charge on any atom is 0.276 e. The monoisotopic (exact) mass is 302 g/mol. The number of hydrogen-bond acceptors (Lipinski definition) is 3. The molecule has 0 aliphatic rings. The van der Waals surface area contributed by atoms with E-state index in [0.717, 1.165) is 0 Å². The molecule has 21 heavy (non-hydrogen) atoms. The Morgan fingerprint density at radius 2 is 2.14 bits per heavy atom. The number of nitrogens with zero attached hydrogens (tertiary/aromatic N) is 3. The molecular weight excluding hydrogens is 291 g/mol. The van der Waals surface area contributed by atoms with Gasteiger partial charge in [-0.25, -0.2) is 8.91 Å². The van der Waals surface area contributed by atoms with Crippen molar-refractivity contribution in [3.05, 3.63) is 70.2 Å². The maximum atomic E-state index is 14.0. The standard InChI is InChI=1S/C14H11FN4OS/c15-11-7-9(13(16)21)1-2-10(11)8-18-5-6-19-12(14(18)20)3-4-17-19/h1-7H,8H2,(H2,16,21). The zero-order chi connectivity index (χ0) is 15.0. The summed E-state index contributed by atoms with van der Waals surface area (Å²) < 4.78 is 16.9. The van der Waals surface area contributed by atoms with E-state index in [-0.39, 0.29) is 17.1 Å². The van der Waals surface area contributed by atoms with Crippen LogP contribution in [-0.2, 0) is 6.54 Å². The van der Waals surface area contributed by atoms with Crippen molar-refractivity contribution in [1.82, 2.24) is 14.2 Å². The van der Waals surface area contributed by atoms with E-state index in [1.165, 1.54) is 15.1 Å². The van der Waals surface area contributed by atoms with Gasteiger partial charge in [0.05, 0.1) is 12.7 Å². The Morgan fingerprint density at radius 1 is 1.33 bits per heavy atom. The van der Waals surface area contributed by atoms with Crippen LogP contribution in [0.3, 0.4) is 0 Å². The molecule has 0 aliphatic carbocycles. The topological polar surface area (TPSA) is 65.3 Å². The second kappa shape index (κ2) is 5.10. The molecule has 0 bridgehead atoms. The van der Waals surface area contributed by atoms with E-state index >= 15 is 0 Å². The fourth-order valence-corrected chi connectivity index (χ4v) is 2.22. The number of benzene rings is 1. The molecule has 0 spiro atoms. The lowest BCUT2D eigenvalue weighted by Crippen LogP contribution is -2.22. The van der Waals surface area contributed by atoms with Crippen molar-refractivity contribution in [1.29, 1.82) is 0 Å². The summed E-state index contributed by atoms with van der Waals surface area (Å²) in [7, 11) is 0. The quantitative estimate of drug-likeness (QED) is 0.741. The second-order valence-corrected chi connectivity index (χ2v) is 5.00. The number of fused-ring (bicyclic) bond motifs is 1. The van der Waals surface area contributed by atoms with Crippen LogP contribution in [0.5, 0.6) is 0 Å². The van der Waals surface area contributed by atoms with Gasteiger partial charge in [0.2, 0.25) is 0 Å². The predicted molar refractivity (Wildman–Crippen MR) is 80.8 cm³/mol. The molecule has 2 N–H and O–H groups in total. The van der Waals surface area contributed by atoms with Gasteiger partial charge in [0.1, 0.15) is 16.3 Å². The van der Waals surface area contributed by atoms with E-state index in [2.05, 4.69) is 5.10 Å². The van der Waals surface area contributed by atoms with E-state index in [0.29, 0.717) is 16.6 Å². The van der Waals surface area contributed by atoms with Crippen molar-refractivity contribution in [2.24, 2.45) is 5.73 Å². The van der Waals surface area contributed by atoms with Gasteiger partial charge in [-0.2, -0.15) is 5.10 Å². The number of rotatable bonds is 3. The molecule has 0 radical (unpaired) electrons. The van der Waals surface area contributed by atoms with Crippen LogP contribution in [0.4, 0.5) is 4.39 Å². The molecule has 106 valence electrons. The number of aromatic nitrogens is 3. The minimum atomic E-state index is -0.444. The highest BCUT2D eigenvalue weighted by atomic mass is 32.1. The molecule has 0 fully saturated rings. The van der Waals surface area contributed by atoms with Gasteiger partial charge in [0, 0.05) is 23.5 Å². The van der Waals surface area contributed by atoms with Crippen molar-refractivity contribution in [3.63, 3.8) is 0 Å². The first-order chi connectivity index (χ1) is 10.1. The van der Waals surface area contributed by atoms with Gasteiger partial charge in [0.25, 0.3) is 5.56 Å². The molecule has 0 saturated carbocycles. The number of thiocarbonyl (C=S) groups is 1. The van der Waals surface area contributed by atoms with Gasteiger partial charge in [0.15, 0.2) is 0 Å². The summed E-state index contributed by atoms with van der Waals surface area (Å²) in [5.74, 6) is -0.444. The van der Waals surface area contributed by atoms with Crippen molar-refractivity contribution < 1.29 is 4.39 Å². The average Bonchev–Trinajstić information content (AvgIpc) is 2.93. The second-order valence-electron chi connectivity index (χ2n) is 4.56. The summed E-state index contributed by atoms with van der Waals surface area (Å²) in [4.78, 5) is 12.4. The maximum absolute atomic E-state index is 14.0. The summed E-state index contributed by atoms with van der Waals surface area (Å²) in [5.41, 5.74) is 6.53. The van der Waals surface area contributed by atoms with Gasteiger partial charge in [-0.3, -0.25) is 4.79 Å². The van der Waals surface area contributed by atoms with Crippen LogP contribution in [-0.4, -0.2) is 19.2 Å². The largest absolute Gasteiger partial charge is 0.389 e. The molecule has 0 aliphatic heterocycles. The summed E-state index contributed by atoms with van der Waals surface area (Å²) in [5, 5.41) is 3.98. The minimum absolute atomic E-state index is 0.129. The molecule has 1 aromatic carbocycles. The number of halogens is 1. The van der Waals surface area contributed by atoms with Gasteiger partial charge in [-0.15, -0.1) is 0 Å². The van der Waals surface area contributed by atoms with Crippen LogP contribution in [0.25, 0.3) is 5.52 Å². The highest BCUT2D eigenvalue weighted by Crippen LogP contribution is 2.12. The van der Waals surface area contributed by atoms with Crippen molar-refractivity contribution in [2.75, 3.05) is 0 Å². The third-order valence-electron chi connectivity index (χ3n) is 3.22. The SMILES string of the molecule is NC(=S)c1ccc(Cn2ccn3nccc3c2=O)c(F)c1. The Hall–Kier alpha value is -2.54. The van der Waals surface area contributed by atoms with E-state index in [9.17, 15) is 9.18 Å². The molecule has 2 aromatic heterocycles. The molecule has 0 amide bonds. The van der Waals surface area contributed by atoms with Gasteiger partial charge >= 0.3 is 0 Å². The number of hydrogen-bond donors (Lipinski definition) is 1. The lowest BCUT2D eigenvalue weighted by atomic mass is 10.1. The first kappa shape index (κ1) is 13.4. The fraction of sp³-hybridized carbons (Fsp3) is 0.0714. The first-order valence-electron chi connectivity index (χ1n) is 6.17. The van der Waals surface area contributed by atoms with Crippen LogP contribution in [0.15, 0.2) is 47.7 Å². The summed E-state index contributed by atoms with van der Waals surface area (Å²) in [6.07, 6.45) is 4.76. The minimum Gasteiger partial charge on any atom is -0.389 e. The Labute approximate surface area is 124 Å². The van der Waals surface area contributed by atoms with Crippen LogP contribution < -0.4 is 11.3 Å². The Bertz CT molecular complexity index is 899. The number of nitrogens with two attached hydrogens (primary N) is 1. The normalized spacial score (nSPS) is 10.9.